The van der Waals surface area contributed by atoms with E-state index in [1.54, 1.807) is 10.6 Å². The predicted molar refractivity (Wildman–Crippen MR) is 182 cm³/mol. The third kappa shape index (κ3) is 5.87. The van der Waals surface area contributed by atoms with Gasteiger partial charge in [0.2, 0.25) is 5.82 Å². The van der Waals surface area contributed by atoms with Gasteiger partial charge in [-0.15, -0.1) is 5.10 Å². The van der Waals surface area contributed by atoms with E-state index in [4.69, 9.17) is 20.6 Å². The lowest BCUT2D eigenvalue weighted by Crippen LogP contribution is -2.34. The summed E-state index contributed by atoms with van der Waals surface area (Å²) < 4.78 is 7.30. The molecule has 3 aromatic heterocycles. The van der Waals surface area contributed by atoms with Gasteiger partial charge in [-0.2, -0.15) is 0 Å². The van der Waals surface area contributed by atoms with Crippen LogP contribution in [0.4, 0.5) is 17.2 Å². The zero-order valence-electron chi connectivity index (χ0n) is 28.0. The van der Waals surface area contributed by atoms with E-state index in [1.807, 2.05) is 44.9 Å². The fraction of sp³-hybridized carbons (Fsp3) is 0.472. The Labute approximate surface area is 275 Å². The standard InChI is InChI=1S/C36H44N8O3/c1-24-19-26(41-16-13-35(5,21-41)25-9-7-6-8-10-25)20-44-31(24)39-30(40-44)32(45)43-18-15-36(23-43)14-17-42(22-36)28-12-11-27(37)29(38-28)33(46)47-34(2,3)4/h6-12,19-20H,13-18,21-23,37H2,1-5H3/t35-,36+/m0/s1. The van der Waals surface area contributed by atoms with Gasteiger partial charge in [-0.1, -0.05) is 37.3 Å². The van der Waals surface area contributed by atoms with E-state index in [9.17, 15) is 9.59 Å². The quantitative estimate of drug-likeness (QED) is 0.306. The van der Waals surface area contributed by atoms with Crippen LogP contribution >= 0.6 is 0 Å². The second-order valence-electron chi connectivity index (χ2n) is 14.9. The van der Waals surface area contributed by atoms with E-state index in [0.29, 0.717) is 30.2 Å². The molecule has 1 spiro atoms. The van der Waals surface area contributed by atoms with Gasteiger partial charge in [-0.3, -0.25) is 4.79 Å². The zero-order chi connectivity index (χ0) is 33.1. The Morgan fingerprint density at radius 1 is 0.915 bits per heavy atom. The fourth-order valence-electron chi connectivity index (χ4n) is 7.49. The number of aromatic nitrogens is 4. The van der Waals surface area contributed by atoms with Gasteiger partial charge in [-0.25, -0.2) is 19.3 Å². The molecule has 0 unspecified atom stereocenters. The van der Waals surface area contributed by atoms with Crippen molar-refractivity contribution in [2.24, 2.45) is 5.41 Å². The van der Waals surface area contributed by atoms with Crippen molar-refractivity contribution < 1.29 is 14.3 Å². The van der Waals surface area contributed by atoms with Crippen molar-refractivity contribution in [1.82, 2.24) is 24.5 Å². The van der Waals surface area contributed by atoms with Gasteiger partial charge in [0.05, 0.1) is 17.6 Å². The molecule has 3 aliphatic heterocycles. The van der Waals surface area contributed by atoms with Crippen molar-refractivity contribution in [3.05, 3.63) is 77.4 Å². The SMILES string of the molecule is Cc1cc(N2CC[C@](C)(c3ccccc3)C2)cn2nc(C(=O)N3CC[C@@]4(CCN(c5ccc(N)c(C(=O)OC(C)(C)C)n5)C4)C3)nc12. The van der Waals surface area contributed by atoms with Gasteiger partial charge in [-0.05, 0) is 76.3 Å². The molecule has 246 valence electrons. The number of carbonyl (C=O) groups excluding carboxylic acids is 2. The van der Waals surface area contributed by atoms with Gasteiger partial charge in [0.1, 0.15) is 11.4 Å². The Bertz CT molecular complexity index is 1850. The van der Waals surface area contributed by atoms with Crippen LogP contribution < -0.4 is 15.5 Å². The maximum Gasteiger partial charge on any atom is 0.359 e. The average Bonchev–Trinajstić information content (AvgIpc) is 3.84. The summed E-state index contributed by atoms with van der Waals surface area (Å²) in [6, 6.07) is 16.4. The predicted octanol–water partition coefficient (Wildman–Crippen LogP) is 4.88. The summed E-state index contributed by atoms with van der Waals surface area (Å²) in [5.74, 6) is 0.254. The summed E-state index contributed by atoms with van der Waals surface area (Å²) >= 11 is 0. The largest absolute Gasteiger partial charge is 0.455 e. The van der Waals surface area contributed by atoms with Crippen LogP contribution in [0.2, 0.25) is 0 Å². The number of likely N-dealkylation sites (tertiary alicyclic amines) is 1. The molecule has 2 N–H and O–H groups in total. The number of nitrogen functional groups attached to an aromatic ring is 1. The number of rotatable bonds is 5. The lowest BCUT2D eigenvalue weighted by Gasteiger charge is -2.26. The number of ether oxygens (including phenoxy) is 1. The van der Waals surface area contributed by atoms with Gasteiger partial charge in [0, 0.05) is 50.1 Å². The first kappa shape index (κ1) is 31.0. The van der Waals surface area contributed by atoms with Crippen LogP contribution in [0.3, 0.4) is 0 Å². The van der Waals surface area contributed by atoms with E-state index >= 15 is 0 Å². The third-order valence-electron chi connectivity index (χ3n) is 10.1. The number of carbonyl (C=O) groups is 2. The minimum Gasteiger partial charge on any atom is -0.455 e. The third-order valence-corrected chi connectivity index (χ3v) is 10.1. The second kappa shape index (κ2) is 11.2. The highest BCUT2D eigenvalue weighted by atomic mass is 16.6. The van der Waals surface area contributed by atoms with Crippen LogP contribution in [0.1, 0.15) is 79.2 Å². The van der Waals surface area contributed by atoms with Crippen molar-refractivity contribution in [2.45, 2.75) is 64.9 Å². The molecule has 0 saturated carbocycles. The topological polar surface area (TPSA) is 122 Å². The summed E-state index contributed by atoms with van der Waals surface area (Å²) in [4.78, 5) is 42.3. The highest BCUT2D eigenvalue weighted by Crippen LogP contribution is 2.42. The molecule has 0 radical (unpaired) electrons. The van der Waals surface area contributed by atoms with Crippen LogP contribution in [0.5, 0.6) is 0 Å². The molecule has 2 atom stereocenters. The van der Waals surface area contributed by atoms with Crippen molar-refractivity contribution in [3.63, 3.8) is 0 Å². The second-order valence-corrected chi connectivity index (χ2v) is 14.9. The van der Waals surface area contributed by atoms with E-state index < -0.39 is 11.6 Å². The van der Waals surface area contributed by atoms with Crippen molar-refractivity contribution in [1.29, 1.82) is 0 Å². The normalized spacial score (nSPS) is 23.0. The molecule has 3 fully saturated rings. The fourth-order valence-corrected chi connectivity index (χ4v) is 7.49. The number of anilines is 3. The Balaban J connectivity index is 1.04. The smallest absolute Gasteiger partial charge is 0.359 e. The first-order valence-corrected chi connectivity index (χ1v) is 16.5. The van der Waals surface area contributed by atoms with E-state index in [1.165, 1.54) is 5.56 Å². The van der Waals surface area contributed by atoms with Crippen molar-refractivity contribution in [2.75, 3.05) is 54.8 Å². The molecule has 6 heterocycles. The Kier molecular flexibility index (Phi) is 7.40. The maximum atomic E-state index is 13.8. The van der Waals surface area contributed by atoms with Crippen LogP contribution in [0.25, 0.3) is 5.65 Å². The molecular formula is C36H44N8O3. The molecule has 47 heavy (non-hydrogen) atoms. The molecule has 11 heteroatoms. The zero-order valence-corrected chi connectivity index (χ0v) is 28.0. The lowest BCUT2D eigenvalue weighted by atomic mass is 9.82. The number of nitrogens with zero attached hydrogens (tertiary/aromatic N) is 7. The highest BCUT2D eigenvalue weighted by molar-refractivity contribution is 5.93. The number of amides is 1. The Morgan fingerprint density at radius 2 is 1.66 bits per heavy atom. The van der Waals surface area contributed by atoms with Crippen LogP contribution in [0, 0.1) is 12.3 Å². The molecular weight excluding hydrogens is 592 g/mol. The van der Waals surface area contributed by atoms with E-state index in [-0.39, 0.29) is 28.3 Å². The maximum absolute atomic E-state index is 13.8. The van der Waals surface area contributed by atoms with E-state index in [2.05, 4.69) is 58.1 Å². The van der Waals surface area contributed by atoms with Crippen LogP contribution in [0.15, 0.2) is 54.7 Å². The Morgan fingerprint density at radius 3 is 2.43 bits per heavy atom. The lowest BCUT2D eigenvalue weighted by molar-refractivity contribution is 0.00641. The molecule has 0 aliphatic carbocycles. The van der Waals surface area contributed by atoms with Gasteiger partial charge in [0.15, 0.2) is 11.3 Å². The monoisotopic (exact) mass is 636 g/mol. The minimum absolute atomic E-state index is 0.0613. The molecule has 0 bridgehead atoms. The molecule has 11 nitrogen and oxygen atoms in total. The summed E-state index contributed by atoms with van der Waals surface area (Å²) in [6.45, 7) is 14.5. The van der Waals surface area contributed by atoms with Gasteiger partial charge < -0.3 is 25.2 Å². The molecule has 7 rings (SSSR count). The van der Waals surface area contributed by atoms with Crippen LogP contribution in [-0.2, 0) is 10.2 Å². The number of aryl methyl sites for hydroxylation is 1. The number of pyridine rings is 2. The highest BCUT2D eigenvalue weighted by Gasteiger charge is 2.46. The first-order chi connectivity index (χ1) is 22.3. The van der Waals surface area contributed by atoms with Crippen LogP contribution in [-0.4, -0.2) is 81.2 Å². The Hall–Kier alpha value is -4.67. The number of hydrogen-bond donors (Lipinski definition) is 1. The van der Waals surface area contributed by atoms with E-state index in [0.717, 1.165) is 56.7 Å². The summed E-state index contributed by atoms with van der Waals surface area (Å²) in [7, 11) is 0. The average molecular weight is 637 g/mol. The first-order valence-electron chi connectivity index (χ1n) is 16.5. The molecule has 4 aromatic rings. The summed E-state index contributed by atoms with van der Waals surface area (Å²) in [6.07, 6.45) is 4.88. The minimum atomic E-state index is -0.645. The van der Waals surface area contributed by atoms with Gasteiger partial charge in [0.25, 0.3) is 5.91 Å². The number of fused-ring (bicyclic) bond motifs is 1. The van der Waals surface area contributed by atoms with Gasteiger partial charge >= 0.3 is 5.97 Å². The number of hydrogen-bond acceptors (Lipinski definition) is 9. The van der Waals surface area contributed by atoms with Crippen molar-refractivity contribution in [3.8, 4) is 0 Å². The number of nitrogens with two attached hydrogens (primary N) is 1. The molecule has 3 saturated heterocycles. The molecule has 3 aliphatic rings. The number of benzene rings is 1. The summed E-state index contributed by atoms with van der Waals surface area (Å²) in [5, 5.41) is 4.69. The summed E-state index contributed by atoms with van der Waals surface area (Å²) in [5.41, 5.74) is 10.1. The molecule has 1 amide bonds. The molecule has 1 aromatic carbocycles. The number of esters is 1. The van der Waals surface area contributed by atoms with Crippen molar-refractivity contribution >= 4 is 34.7 Å².